The zero-order valence-electron chi connectivity index (χ0n) is 13.1. The van der Waals surface area contributed by atoms with Crippen molar-refractivity contribution in [1.82, 2.24) is 4.98 Å². The van der Waals surface area contributed by atoms with Crippen molar-refractivity contribution in [2.45, 2.75) is 31.5 Å². The van der Waals surface area contributed by atoms with Crippen molar-refractivity contribution in [3.05, 3.63) is 36.0 Å². The Morgan fingerprint density at radius 2 is 2.08 bits per heavy atom. The van der Waals surface area contributed by atoms with E-state index in [1.54, 1.807) is 6.07 Å². The largest absolute Gasteiger partial charge is 0.469 e. The molecule has 0 radical (unpaired) electrons. The first-order valence-electron chi connectivity index (χ1n) is 7.69. The van der Waals surface area contributed by atoms with E-state index in [9.17, 15) is 18.0 Å². The number of aromatic nitrogens is 1. The zero-order valence-corrected chi connectivity index (χ0v) is 13.1. The molecule has 24 heavy (non-hydrogen) atoms. The summed E-state index contributed by atoms with van der Waals surface area (Å²) >= 11 is 0. The van der Waals surface area contributed by atoms with Gasteiger partial charge < -0.3 is 10.1 Å². The third-order valence-corrected chi connectivity index (χ3v) is 4.40. The van der Waals surface area contributed by atoms with Crippen LogP contribution in [0.1, 0.15) is 24.8 Å². The van der Waals surface area contributed by atoms with Crippen LogP contribution in [0.2, 0.25) is 0 Å². The minimum Gasteiger partial charge on any atom is -0.469 e. The van der Waals surface area contributed by atoms with E-state index in [0.29, 0.717) is 11.8 Å². The number of esters is 1. The number of carbonyl (C=O) groups excluding carboxylic acids is 1. The van der Waals surface area contributed by atoms with Gasteiger partial charge in [-0.05, 0) is 37.5 Å². The van der Waals surface area contributed by atoms with Gasteiger partial charge in [-0.25, -0.2) is 0 Å². The second-order valence-electron chi connectivity index (χ2n) is 5.96. The lowest BCUT2D eigenvalue weighted by molar-refractivity contribution is -0.145. The Kier molecular flexibility index (Phi) is 4.34. The van der Waals surface area contributed by atoms with Crippen LogP contribution in [-0.4, -0.2) is 24.1 Å². The molecule has 2 atom stereocenters. The summed E-state index contributed by atoms with van der Waals surface area (Å²) in [5.41, 5.74) is 0.299. The fourth-order valence-corrected chi connectivity index (χ4v) is 3.16. The second kappa shape index (κ2) is 6.30. The molecule has 0 saturated heterocycles. The van der Waals surface area contributed by atoms with E-state index in [1.807, 2.05) is 0 Å². The van der Waals surface area contributed by atoms with E-state index in [-0.39, 0.29) is 23.4 Å². The Balaban J connectivity index is 1.82. The van der Waals surface area contributed by atoms with Crippen LogP contribution in [0, 0.1) is 5.92 Å². The van der Waals surface area contributed by atoms with E-state index < -0.39 is 11.7 Å². The molecule has 1 aliphatic carbocycles. The molecule has 4 nitrogen and oxygen atoms in total. The normalized spacial score (nSPS) is 21.0. The number of hydrogen-bond donors (Lipinski definition) is 1. The van der Waals surface area contributed by atoms with Gasteiger partial charge >= 0.3 is 12.1 Å². The summed E-state index contributed by atoms with van der Waals surface area (Å²) < 4.78 is 43.2. The standard InChI is InChI=1S/C17H17F3N2O2/c1-24-16(23)10-2-4-12(8-10)22-14-6-7-21-15-9-11(17(18,19)20)3-5-13(14)15/h3,5-7,9-10,12H,2,4,8H2,1H3,(H,21,22)/t10-,12+/m0/s1. The summed E-state index contributed by atoms with van der Waals surface area (Å²) in [4.78, 5) is 15.6. The maximum absolute atomic E-state index is 12.8. The number of alkyl halides is 3. The molecule has 1 saturated carbocycles. The number of hydrogen-bond acceptors (Lipinski definition) is 4. The van der Waals surface area contributed by atoms with Crippen molar-refractivity contribution >= 4 is 22.6 Å². The fourth-order valence-electron chi connectivity index (χ4n) is 3.16. The third-order valence-electron chi connectivity index (χ3n) is 4.40. The van der Waals surface area contributed by atoms with Gasteiger partial charge in [-0.2, -0.15) is 13.2 Å². The lowest BCUT2D eigenvalue weighted by atomic mass is 10.1. The van der Waals surface area contributed by atoms with Crippen molar-refractivity contribution in [1.29, 1.82) is 0 Å². The van der Waals surface area contributed by atoms with E-state index in [2.05, 4.69) is 10.3 Å². The Morgan fingerprint density at radius 1 is 1.29 bits per heavy atom. The van der Waals surface area contributed by atoms with Crippen LogP contribution < -0.4 is 5.32 Å². The zero-order chi connectivity index (χ0) is 17.3. The molecule has 1 aromatic heterocycles. The second-order valence-corrected chi connectivity index (χ2v) is 5.96. The van der Waals surface area contributed by atoms with Gasteiger partial charge in [0.25, 0.3) is 0 Å². The molecule has 1 aromatic carbocycles. The summed E-state index contributed by atoms with van der Waals surface area (Å²) in [7, 11) is 1.37. The van der Waals surface area contributed by atoms with Gasteiger partial charge in [-0.3, -0.25) is 9.78 Å². The summed E-state index contributed by atoms with van der Waals surface area (Å²) in [5.74, 6) is -0.342. The molecular weight excluding hydrogens is 321 g/mol. The molecule has 128 valence electrons. The number of nitrogens with one attached hydrogen (secondary N) is 1. The van der Waals surface area contributed by atoms with Crippen LogP contribution in [0.15, 0.2) is 30.5 Å². The van der Waals surface area contributed by atoms with Crippen molar-refractivity contribution in [2.75, 3.05) is 12.4 Å². The van der Waals surface area contributed by atoms with Crippen molar-refractivity contribution in [3.63, 3.8) is 0 Å². The molecule has 3 rings (SSSR count). The first-order chi connectivity index (χ1) is 11.4. The molecule has 0 bridgehead atoms. The highest BCUT2D eigenvalue weighted by Crippen LogP contribution is 2.34. The number of anilines is 1. The van der Waals surface area contributed by atoms with Crippen LogP contribution in [-0.2, 0) is 15.7 Å². The minimum atomic E-state index is -4.39. The smallest absolute Gasteiger partial charge is 0.416 e. The van der Waals surface area contributed by atoms with Crippen LogP contribution in [0.5, 0.6) is 0 Å². The highest BCUT2D eigenvalue weighted by molar-refractivity contribution is 5.91. The number of rotatable bonds is 3. The number of nitrogens with zero attached hydrogens (tertiary/aromatic N) is 1. The Labute approximate surface area is 137 Å². The molecule has 1 N–H and O–H groups in total. The van der Waals surface area contributed by atoms with Crippen LogP contribution in [0.25, 0.3) is 10.9 Å². The maximum atomic E-state index is 12.8. The Bertz CT molecular complexity index is 761. The molecular formula is C17H17F3N2O2. The topological polar surface area (TPSA) is 51.2 Å². The van der Waals surface area contributed by atoms with Crippen LogP contribution in [0.4, 0.5) is 18.9 Å². The molecule has 1 heterocycles. The van der Waals surface area contributed by atoms with Crippen LogP contribution >= 0.6 is 0 Å². The Morgan fingerprint density at radius 3 is 2.79 bits per heavy atom. The predicted octanol–water partition coefficient (Wildman–Crippen LogP) is 4.01. The number of benzene rings is 1. The summed E-state index contributed by atoms with van der Waals surface area (Å²) in [6.45, 7) is 0. The van der Waals surface area contributed by atoms with E-state index in [1.165, 1.54) is 19.4 Å². The number of pyridine rings is 1. The lowest BCUT2D eigenvalue weighted by Crippen LogP contribution is -2.19. The summed E-state index contributed by atoms with van der Waals surface area (Å²) in [6.07, 6.45) is -0.705. The Hall–Kier alpha value is -2.31. The maximum Gasteiger partial charge on any atom is 0.416 e. The van der Waals surface area contributed by atoms with Gasteiger partial charge in [0.2, 0.25) is 0 Å². The number of methoxy groups -OCH3 is 1. The number of halogens is 3. The van der Waals surface area contributed by atoms with Gasteiger partial charge in [0, 0.05) is 23.3 Å². The molecule has 0 amide bonds. The number of carbonyl (C=O) groups is 1. The molecule has 1 aliphatic rings. The molecule has 0 unspecified atom stereocenters. The van der Waals surface area contributed by atoms with Crippen molar-refractivity contribution in [3.8, 4) is 0 Å². The average Bonchev–Trinajstić information content (AvgIpc) is 3.01. The molecule has 0 spiro atoms. The summed E-state index contributed by atoms with van der Waals surface area (Å²) in [5, 5.41) is 3.95. The van der Waals surface area contributed by atoms with E-state index >= 15 is 0 Å². The van der Waals surface area contributed by atoms with Gasteiger partial charge in [0.05, 0.1) is 24.1 Å². The van der Waals surface area contributed by atoms with E-state index in [4.69, 9.17) is 4.74 Å². The van der Waals surface area contributed by atoms with Gasteiger partial charge in [0.15, 0.2) is 0 Å². The highest BCUT2D eigenvalue weighted by atomic mass is 19.4. The molecule has 2 aromatic rings. The lowest BCUT2D eigenvalue weighted by Gasteiger charge is -2.16. The summed E-state index contributed by atoms with van der Waals surface area (Å²) in [6, 6.07) is 5.36. The third kappa shape index (κ3) is 3.29. The van der Waals surface area contributed by atoms with Gasteiger partial charge in [-0.15, -0.1) is 0 Å². The van der Waals surface area contributed by atoms with E-state index in [0.717, 1.165) is 30.7 Å². The first-order valence-corrected chi connectivity index (χ1v) is 7.69. The first kappa shape index (κ1) is 16.5. The fraction of sp³-hybridized carbons (Fsp3) is 0.412. The molecule has 7 heteroatoms. The van der Waals surface area contributed by atoms with Crippen molar-refractivity contribution < 1.29 is 22.7 Å². The average molecular weight is 338 g/mol. The highest BCUT2D eigenvalue weighted by Gasteiger charge is 2.32. The number of ether oxygens (including phenoxy) is 1. The minimum absolute atomic E-state index is 0.0852. The van der Waals surface area contributed by atoms with Crippen LogP contribution in [0.3, 0.4) is 0 Å². The monoisotopic (exact) mass is 338 g/mol. The van der Waals surface area contributed by atoms with Gasteiger partial charge in [-0.1, -0.05) is 6.07 Å². The quantitative estimate of drug-likeness (QED) is 0.859. The predicted molar refractivity (Wildman–Crippen MR) is 83.5 cm³/mol. The SMILES string of the molecule is COC(=O)[C@H]1CC[C@@H](Nc2ccnc3cc(C(F)(F)F)ccc23)C1. The molecule has 1 fully saturated rings. The number of fused-ring (bicyclic) bond motifs is 1. The molecule has 0 aliphatic heterocycles. The van der Waals surface area contributed by atoms with Gasteiger partial charge in [0.1, 0.15) is 0 Å². The van der Waals surface area contributed by atoms with Crippen molar-refractivity contribution in [2.24, 2.45) is 5.92 Å².